The molecular weight excluding hydrogens is 304 g/mol. The number of amides is 2. The van der Waals surface area contributed by atoms with Crippen LogP contribution in [0.2, 0.25) is 0 Å². The molecule has 0 bridgehead atoms. The van der Waals surface area contributed by atoms with Gasteiger partial charge in [-0.1, -0.05) is 25.1 Å². The number of para-hydroxylation sites is 1. The summed E-state index contributed by atoms with van der Waals surface area (Å²) in [5, 5.41) is 3.04. The lowest BCUT2D eigenvalue weighted by Crippen LogP contribution is -2.39. The molecule has 1 unspecified atom stereocenters. The van der Waals surface area contributed by atoms with Gasteiger partial charge in [-0.25, -0.2) is 4.79 Å². The fraction of sp³-hybridized carbons (Fsp3) is 0.421. The number of hydrogen-bond acceptors (Lipinski definition) is 3. The minimum atomic E-state index is -0.122. The van der Waals surface area contributed by atoms with E-state index in [-0.39, 0.29) is 12.1 Å². The monoisotopic (exact) mass is 328 g/mol. The van der Waals surface area contributed by atoms with Crippen LogP contribution >= 0.6 is 0 Å². The average Bonchev–Trinajstić information content (AvgIpc) is 3.28. The minimum absolute atomic E-state index is 0.104. The SMILES string of the molecule is CCc1ccccc1NC(=O)N(Cc1ccco1)CC1CCCO1. The Kier molecular flexibility index (Phi) is 5.54. The average molecular weight is 328 g/mol. The zero-order chi connectivity index (χ0) is 16.8. The molecule has 128 valence electrons. The van der Waals surface area contributed by atoms with E-state index in [9.17, 15) is 4.79 Å². The van der Waals surface area contributed by atoms with E-state index >= 15 is 0 Å². The number of nitrogens with zero attached hydrogens (tertiary/aromatic N) is 1. The van der Waals surface area contributed by atoms with Gasteiger partial charge in [0.25, 0.3) is 0 Å². The summed E-state index contributed by atoms with van der Waals surface area (Å²) in [7, 11) is 0. The highest BCUT2D eigenvalue weighted by Crippen LogP contribution is 2.19. The summed E-state index contributed by atoms with van der Waals surface area (Å²) in [5.74, 6) is 0.770. The van der Waals surface area contributed by atoms with Crippen molar-refractivity contribution in [3.63, 3.8) is 0 Å². The van der Waals surface area contributed by atoms with Crippen molar-refractivity contribution in [2.45, 2.75) is 38.8 Å². The predicted molar refractivity (Wildman–Crippen MR) is 92.9 cm³/mol. The van der Waals surface area contributed by atoms with Crippen molar-refractivity contribution in [2.75, 3.05) is 18.5 Å². The molecule has 5 heteroatoms. The van der Waals surface area contributed by atoms with Gasteiger partial charge in [-0.2, -0.15) is 0 Å². The van der Waals surface area contributed by atoms with Crippen LogP contribution in [0.5, 0.6) is 0 Å². The molecular formula is C19H24N2O3. The summed E-state index contributed by atoms with van der Waals surface area (Å²) in [6.07, 6.45) is 4.66. The molecule has 3 rings (SSSR count). The van der Waals surface area contributed by atoms with Gasteiger partial charge in [0.05, 0.1) is 18.9 Å². The first-order valence-electron chi connectivity index (χ1n) is 8.54. The van der Waals surface area contributed by atoms with Crippen molar-refractivity contribution in [1.29, 1.82) is 0 Å². The van der Waals surface area contributed by atoms with Crippen LogP contribution in [0.25, 0.3) is 0 Å². The van der Waals surface area contributed by atoms with Crippen molar-refractivity contribution >= 4 is 11.7 Å². The Morgan fingerprint density at radius 2 is 2.17 bits per heavy atom. The molecule has 1 aromatic carbocycles. The minimum Gasteiger partial charge on any atom is -0.467 e. The van der Waals surface area contributed by atoms with E-state index in [0.717, 1.165) is 42.9 Å². The molecule has 1 aliphatic heterocycles. The lowest BCUT2D eigenvalue weighted by Gasteiger charge is -2.25. The number of nitrogens with one attached hydrogen (secondary N) is 1. The topological polar surface area (TPSA) is 54.7 Å². The van der Waals surface area contributed by atoms with Gasteiger partial charge in [0, 0.05) is 18.8 Å². The summed E-state index contributed by atoms with van der Waals surface area (Å²) in [4.78, 5) is 14.6. The number of ether oxygens (including phenoxy) is 1. The second-order valence-corrected chi connectivity index (χ2v) is 6.04. The van der Waals surface area contributed by atoms with E-state index < -0.39 is 0 Å². The maximum absolute atomic E-state index is 12.8. The summed E-state index contributed by atoms with van der Waals surface area (Å²) in [5.41, 5.74) is 1.99. The van der Waals surface area contributed by atoms with Crippen LogP contribution in [0.4, 0.5) is 10.5 Å². The first-order chi connectivity index (χ1) is 11.8. The number of anilines is 1. The number of aryl methyl sites for hydroxylation is 1. The van der Waals surface area contributed by atoms with Crippen molar-refractivity contribution in [3.8, 4) is 0 Å². The fourth-order valence-corrected chi connectivity index (χ4v) is 2.99. The smallest absolute Gasteiger partial charge is 0.322 e. The van der Waals surface area contributed by atoms with E-state index in [2.05, 4.69) is 12.2 Å². The summed E-state index contributed by atoms with van der Waals surface area (Å²) in [6.45, 7) is 3.87. The van der Waals surface area contributed by atoms with Crippen LogP contribution in [0.1, 0.15) is 31.1 Å². The van der Waals surface area contributed by atoms with Gasteiger partial charge in [0.1, 0.15) is 5.76 Å². The molecule has 5 nitrogen and oxygen atoms in total. The molecule has 1 fully saturated rings. The molecule has 0 radical (unpaired) electrons. The Hall–Kier alpha value is -2.27. The maximum Gasteiger partial charge on any atom is 0.322 e. The standard InChI is InChI=1S/C19H24N2O3/c1-2-15-7-3-4-10-18(15)20-19(22)21(13-16-8-5-11-23-16)14-17-9-6-12-24-17/h3-5,7-8,10-11,17H,2,6,9,12-14H2,1H3,(H,20,22). The van der Waals surface area contributed by atoms with Crippen LogP contribution in [-0.4, -0.2) is 30.2 Å². The fourth-order valence-electron chi connectivity index (χ4n) is 2.99. The normalized spacial score (nSPS) is 17.0. The first kappa shape index (κ1) is 16.6. The van der Waals surface area contributed by atoms with Gasteiger partial charge in [0.2, 0.25) is 0 Å². The molecule has 1 N–H and O–H groups in total. The van der Waals surface area contributed by atoms with Crippen molar-refractivity contribution in [1.82, 2.24) is 4.90 Å². The zero-order valence-corrected chi connectivity index (χ0v) is 14.0. The molecule has 0 aliphatic carbocycles. The van der Waals surface area contributed by atoms with E-state index in [1.54, 1.807) is 11.2 Å². The third-order valence-corrected chi connectivity index (χ3v) is 4.30. The Bertz CT molecular complexity index is 648. The molecule has 1 saturated heterocycles. The van der Waals surface area contributed by atoms with Gasteiger partial charge in [-0.3, -0.25) is 0 Å². The number of furan rings is 1. The lowest BCUT2D eigenvalue weighted by molar-refractivity contribution is 0.0803. The van der Waals surface area contributed by atoms with Crippen LogP contribution in [0, 0.1) is 0 Å². The number of benzene rings is 1. The second kappa shape index (κ2) is 8.02. The van der Waals surface area contributed by atoms with Crippen LogP contribution in [0.3, 0.4) is 0 Å². The molecule has 2 aromatic rings. The number of carbonyl (C=O) groups is 1. The van der Waals surface area contributed by atoms with Crippen LogP contribution < -0.4 is 5.32 Å². The predicted octanol–water partition coefficient (Wildman–Crippen LogP) is 4.06. The highest BCUT2D eigenvalue weighted by Gasteiger charge is 2.23. The molecule has 1 aromatic heterocycles. The van der Waals surface area contributed by atoms with Gasteiger partial charge >= 0.3 is 6.03 Å². The van der Waals surface area contributed by atoms with Crippen molar-refractivity contribution in [3.05, 3.63) is 54.0 Å². The van der Waals surface area contributed by atoms with Gasteiger partial charge in [-0.15, -0.1) is 0 Å². The van der Waals surface area contributed by atoms with Gasteiger partial charge < -0.3 is 19.4 Å². The summed E-state index contributed by atoms with van der Waals surface area (Å²) in [6, 6.07) is 11.5. The highest BCUT2D eigenvalue weighted by molar-refractivity contribution is 5.90. The van der Waals surface area contributed by atoms with E-state index in [1.807, 2.05) is 36.4 Å². The molecule has 2 heterocycles. The molecule has 2 amide bonds. The van der Waals surface area contributed by atoms with E-state index in [0.29, 0.717) is 13.1 Å². The molecule has 0 saturated carbocycles. The zero-order valence-electron chi connectivity index (χ0n) is 14.0. The Morgan fingerprint density at radius 1 is 1.29 bits per heavy atom. The van der Waals surface area contributed by atoms with Gasteiger partial charge in [0.15, 0.2) is 0 Å². The summed E-state index contributed by atoms with van der Waals surface area (Å²) >= 11 is 0. The number of rotatable bonds is 6. The Morgan fingerprint density at radius 3 is 2.88 bits per heavy atom. The number of carbonyl (C=O) groups excluding carboxylic acids is 1. The lowest BCUT2D eigenvalue weighted by atomic mass is 10.1. The Balaban J connectivity index is 1.71. The number of urea groups is 1. The second-order valence-electron chi connectivity index (χ2n) is 6.04. The van der Waals surface area contributed by atoms with Crippen molar-refractivity contribution in [2.24, 2.45) is 0 Å². The van der Waals surface area contributed by atoms with Crippen LogP contribution in [-0.2, 0) is 17.7 Å². The molecule has 24 heavy (non-hydrogen) atoms. The Labute approximate surface area is 142 Å². The molecule has 1 aliphatic rings. The molecule has 1 atom stereocenters. The number of hydrogen-bond donors (Lipinski definition) is 1. The third kappa shape index (κ3) is 4.17. The van der Waals surface area contributed by atoms with Gasteiger partial charge in [-0.05, 0) is 43.0 Å². The first-order valence-corrected chi connectivity index (χ1v) is 8.54. The largest absolute Gasteiger partial charge is 0.467 e. The highest BCUT2D eigenvalue weighted by atomic mass is 16.5. The maximum atomic E-state index is 12.8. The molecule has 0 spiro atoms. The third-order valence-electron chi connectivity index (χ3n) is 4.30. The van der Waals surface area contributed by atoms with E-state index in [1.165, 1.54) is 0 Å². The van der Waals surface area contributed by atoms with Crippen LogP contribution in [0.15, 0.2) is 47.1 Å². The van der Waals surface area contributed by atoms with Crippen molar-refractivity contribution < 1.29 is 13.9 Å². The quantitative estimate of drug-likeness (QED) is 0.870. The summed E-state index contributed by atoms with van der Waals surface area (Å²) < 4.78 is 11.1. The van der Waals surface area contributed by atoms with E-state index in [4.69, 9.17) is 9.15 Å².